The quantitative estimate of drug-likeness (QED) is 0.780. The van der Waals surface area contributed by atoms with Crippen molar-refractivity contribution in [1.29, 1.82) is 0 Å². The summed E-state index contributed by atoms with van der Waals surface area (Å²) in [6, 6.07) is 7.70. The van der Waals surface area contributed by atoms with E-state index in [4.69, 9.17) is 16.2 Å². The lowest BCUT2D eigenvalue weighted by Gasteiger charge is -2.20. The normalized spacial score (nSPS) is 13.8. The van der Waals surface area contributed by atoms with Gasteiger partial charge in [-0.05, 0) is 19.1 Å². The number of nitrogens with zero attached hydrogens (tertiary/aromatic N) is 1. The first-order valence-electron chi connectivity index (χ1n) is 5.82. The van der Waals surface area contributed by atoms with Crippen LogP contribution in [0.1, 0.15) is 13.3 Å². The number of hydrogen-bond acceptors (Lipinski definition) is 4. The van der Waals surface area contributed by atoms with Gasteiger partial charge in [-0.1, -0.05) is 6.07 Å². The monoisotopic (exact) mass is 251 g/mol. The Labute approximate surface area is 108 Å². The largest absolute Gasteiger partial charge is 0.493 e. The minimum absolute atomic E-state index is 0.354. The van der Waals surface area contributed by atoms with Gasteiger partial charge in [-0.3, -0.25) is 4.79 Å². The van der Waals surface area contributed by atoms with E-state index in [1.807, 2.05) is 43.3 Å². The second kappa shape index (κ2) is 5.73. The average molecular weight is 251 g/mol. The fraction of sp³-hybridized carbons (Fsp3) is 0.462. The molecule has 0 saturated carbocycles. The highest BCUT2D eigenvalue weighted by Gasteiger charge is 2.25. The number of benzene rings is 1. The molecule has 0 aliphatic heterocycles. The zero-order chi connectivity index (χ0) is 13.8. The van der Waals surface area contributed by atoms with E-state index in [0.717, 1.165) is 11.4 Å². The van der Waals surface area contributed by atoms with Gasteiger partial charge in [0.25, 0.3) is 0 Å². The number of rotatable bonds is 6. The maximum Gasteiger partial charge on any atom is 0.237 e. The smallest absolute Gasteiger partial charge is 0.237 e. The van der Waals surface area contributed by atoms with E-state index in [1.54, 1.807) is 6.92 Å². The lowest BCUT2D eigenvalue weighted by molar-refractivity contribution is -0.123. The number of ether oxygens (including phenoxy) is 1. The third-order valence-corrected chi connectivity index (χ3v) is 2.79. The maximum atomic E-state index is 11.0. The van der Waals surface area contributed by atoms with Crippen LogP contribution < -0.4 is 21.1 Å². The molecule has 1 atom stereocenters. The van der Waals surface area contributed by atoms with Gasteiger partial charge >= 0.3 is 0 Å². The van der Waals surface area contributed by atoms with Crippen molar-refractivity contribution in [2.45, 2.75) is 18.9 Å². The molecule has 1 unspecified atom stereocenters. The minimum Gasteiger partial charge on any atom is -0.493 e. The summed E-state index contributed by atoms with van der Waals surface area (Å²) in [5.41, 5.74) is 11.0. The Morgan fingerprint density at radius 3 is 2.67 bits per heavy atom. The Hall–Kier alpha value is -1.75. The third-order valence-electron chi connectivity index (χ3n) is 2.79. The van der Waals surface area contributed by atoms with Crippen LogP contribution >= 0.6 is 0 Å². The van der Waals surface area contributed by atoms with Crippen molar-refractivity contribution in [3.05, 3.63) is 24.3 Å². The molecule has 5 heteroatoms. The summed E-state index contributed by atoms with van der Waals surface area (Å²) in [4.78, 5) is 13.0. The van der Waals surface area contributed by atoms with Crippen LogP contribution in [0.15, 0.2) is 24.3 Å². The van der Waals surface area contributed by atoms with Gasteiger partial charge in [0.15, 0.2) is 0 Å². The molecule has 1 rings (SSSR count). The van der Waals surface area contributed by atoms with Gasteiger partial charge in [0.05, 0.1) is 12.1 Å². The van der Waals surface area contributed by atoms with Crippen molar-refractivity contribution >= 4 is 11.6 Å². The number of anilines is 1. The molecular formula is C13H21N3O2. The lowest BCUT2D eigenvalue weighted by Crippen LogP contribution is -2.50. The molecule has 0 spiro atoms. The highest BCUT2D eigenvalue weighted by atomic mass is 16.5. The minimum atomic E-state index is -1.03. The summed E-state index contributed by atoms with van der Waals surface area (Å²) in [7, 11) is 3.92. The van der Waals surface area contributed by atoms with Crippen LogP contribution in [0.3, 0.4) is 0 Å². The van der Waals surface area contributed by atoms with Gasteiger partial charge in [0.2, 0.25) is 5.91 Å². The molecule has 0 saturated heterocycles. The second-order valence-corrected chi connectivity index (χ2v) is 4.77. The van der Waals surface area contributed by atoms with Crippen molar-refractivity contribution in [3.8, 4) is 5.75 Å². The number of primary amides is 1. The molecule has 1 aromatic carbocycles. The number of carbonyl (C=O) groups is 1. The molecule has 1 aromatic rings. The standard InChI is InChI=1S/C13H21N3O2/c1-13(15,12(14)17)7-8-18-11-6-4-5-10(9-11)16(2)3/h4-6,9H,7-8,15H2,1-3H3,(H2,14,17). The van der Waals surface area contributed by atoms with E-state index < -0.39 is 11.4 Å². The molecule has 0 radical (unpaired) electrons. The SMILES string of the molecule is CN(C)c1cccc(OCCC(C)(N)C(N)=O)c1. The fourth-order valence-electron chi connectivity index (χ4n) is 1.36. The Balaban J connectivity index is 2.54. The summed E-state index contributed by atoms with van der Waals surface area (Å²) in [6.45, 7) is 1.96. The van der Waals surface area contributed by atoms with Gasteiger partial charge in [-0.15, -0.1) is 0 Å². The number of nitrogens with two attached hydrogens (primary N) is 2. The van der Waals surface area contributed by atoms with Crippen LogP contribution in [-0.4, -0.2) is 32.1 Å². The van der Waals surface area contributed by atoms with Crippen LogP contribution in [0.5, 0.6) is 5.75 Å². The maximum absolute atomic E-state index is 11.0. The van der Waals surface area contributed by atoms with Crippen LogP contribution in [0.4, 0.5) is 5.69 Å². The Kier molecular flexibility index (Phi) is 4.55. The average Bonchev–Trinajstić information content (AvgIpc) is 2.29. The number of amides is 1. The predicted octanol–water partition coefficient (Wildman–Crippen LogP) is 0.724. The van der Waals surface area contributed by atoms with Crippen LogP contribution in [0.2, 0.25) is 0 Å². The second-order valence-electron chi connectivity index (χ2n) is 4.77. The molecule has 4 N–H and O–H groups in total. The molecule has 0 aliphatic carbocycles. The molecule has 0 bridgehead atoms. The van der Waals surface area contributed by atoms with Gasteiger partial charge in [-0.25, -0.2) is 0 Å². The zero-order valence-electron chi connectivity index (χ0n) is 11.1. The highest BCUT2D eigenvalue weighted by Crippen LogP contribution is 2.19. The Morgan fingerprint density at radius 1 is 1.44 bits per heavy atom. The molecule has 5 nitrogen and oxygen atoms in total. The van der Waals surface area contributed by atoms with Crippen molar-refractivity contribution in [2.75, 3.05) is 25.6 Å². The third kappa shape index (κ3) is 3.92. The lowest BCUT2D eigenvalue weighted by atomic mass is 9.99. The zero-order valence-corrected chi connectivity index (χ0v) is 11.1. The van der Waals surface area contributed by atoms with Crippen molar-refractivity contribution < 1.29 is 9.53 Å². The molecule has 0 aromatic heterocycles. The molecule has 100 valence electrons. The highest BCUT2D eigenvalue weighted by molar-refractivity contribution is 5.83. The van der Waals surface area contributed by atoms with Crippen molar-refractivity contribution in [1.82, 2.24) is 0 Å². The van der Waals surface area contributed by atoms with Crippen molar-refractivity contribution in [3.63, 3.8) is 0 Å². The van der Waals surface area contributed by atoms with Crippen molar-refractivity contribution in [2.24, 2.45) is 11.5 Å². The van der Waals surface area contributed by atoms with E-state index in [0.29, 0.717) is 13.0 Å². The van der Waals surface area contributed by atoms with E-state index in [-0.39, 0.29) is 0 Å². The summed E-state index contributed by atoms with van der Waals surface area (Å²) >= 11 is 0. The predicted molar refractivity (Wildman–Crippen MR) is 72.7 cm³/mol. The molecule has 0 aliphatic rings. The molecular weight excluding hydrogens is 230 g/mol. The topological polar surface area (TPSA) is 81.6 Å². The van der Waals surface area contributed by atoms with E-state index in [9.17, 15) is 4.79 Å². The summed E-state index contributed by atoms with van der Waals surface area (Å²) < 4.78 is 5.57. The first-order chi connectivity index (χ1) is 8.33. The van der Waals surface area contributed by atoms with Crippen LogP contribution in [-0.2, 0) is 4.79 Å². The Bertz CT molecular complexity index is 416. The summed E-state index contributed by atoms with van der Waals surface area (Å²) in [6.07, 6.45) is 0.383. The molecule has 0 heterocycles. The van der Waals surface area contributed by atoms with Gasteiger partial charge in [0.1, 0.15) is 5.75 Å². The number of hydrogen-bond donors (Lipinski definition) is 2. The van der Waals surface area contributed by atoms with Crippen LogP contribution in [0, 0.1) is 0 Å². The van der Waals surface area contributed by atoms with Gasteiger partial charge in [0, 0.05) is 32.3 Å². The van der Waals surface area contributed by atoms with E-state index in [2.05, 4.69) is 0 Å². The van der Waals surface area contributed by atoms with E-state index >= 15 is 0 Å². The Morgan fingerprint density at radius 2 is 2.11 bits per heavy atom. The summed E-state index contributed by atoms with van der Waals surface area (Å²) in [5.74, 6) is 0.231. The first kappa shape index (κ1) is 14.3. The fourth-order valence-corrected chi connectivity index (χ4v) is 1.36. The molecule has 18 heavy (non-hydrogen) atoms. The van der Waals surface area contributed by atoms with Gasteiger partial charge < -0.3 is 21.1 Å². The summed E-state index contributed by atoms with van der Waals surface area (Å²) in [5, 5.41) is 0. The first-order valence-corrected chi connectivity index (χ1v) is 5.82. The van der Waals surface area contributed by atoms with Crippen LogP contribution in [0.25, 0.3) is 0 Å². The molecule has 1 amide bonds. The molecule has 0 fully saturated rings. The number of carbonyl (C=O) groups excluding carboxylic acids is 1. The van der Waals surface area contributed by atoms with Gasteiger partial charge in [-0.2, -0.15) is 0 Å². The van der Waals surface area contributed by atoms with E-state index in [1.165, 1.54) is 0 Å².